The molecule has 0 atom stereocenters. The van der Waals surface area contributed by atoms with Crippen molar-refractivity contribution in [3.63, 3.8) is 0 Å². The van der Waals surface area contributed by atoms with Crippen LogP contribution in [0.25, 0.3) is 10.2 Å². The fraction of sp³-hybridized carbons (Fsp3) is 0.188. The van der Waals surface area contributed by atoms with Crippen LogP contribution < -0.4 is 0 Å². The van der Waals surface area contributed by atoms with Crippen LogP contribution in [0.5, 0.6) is 0 Å². The van der Waals surface area contributed by atoms with Crippen LogP contribution in [0, 0.1) is 0 Å². The smallest absolute Gasteiger partial charge is 0.151 e. The first kappa shape index (κ1) is 15.2. The molecule has 0 saturated heterocycles. The summed E-state index contributed by atoms with van der Waals surface area (Å²) in [5.74, 6) is 3.26. The van der Waals surface area contributed by atoms with Crippen molar-refractivity contribution in [3.8, 4) is 0 Å². The highest BCUT2D eigenvalue weighted by Gasteiger charge is 2.03. The largest absolute Gasteiger partial charge is 0.230 e. The van der Waals surface area contributed by atoms with Crippen molar-refractivity contribution in [2.45, 2.75) is 10.1 Å². The van der Waals surface area contributed by atoms with Crippen molar-refractivity contribution in [2.24, 2.45) is 0 Å². The predicted octanol–water partition coefficient (Wildman–Crippen LogP) is 5.98. The lowest BCUT2D eigenvalue weighted by Gasteiger charge is -2.01. The summed E-state index contributed by atoms with van der Waals surface area (Å²) in [5, 5.41) is 0.801. The third-order valence-corrected chi connectivity index (χ3v) is 6.63. The van der Waals surface area contributed by atoms with Crippen LogP contribution in [0.15, 0.2) is 52.9 Å². The van der Waals surface area contributed by atoms with Crippen LogP contribution in [0.3, 0.4) is 0 Å². The summed E-state index contributed by atoms with van der Waals surface area (Å²) >= 11 is 11.5. The number of fused-ring (bicyclic) bond motifs is 1. The number of hydrogen-bond donors (Lipinski definition) is 0. The lowest BCUT2D eigenvalue weighted by atomic mass is 10.2. The number of para-hydroxylation sites is 1. The van der Waals surface area contributed by atoms with E-state index in [1.54, 1.807) is 11.3 Å². The number of hydrogen-bond acceptors (Lipinski definition) is 4. The molecule has 0 unspecified atom stereocenters. The standard InChI is InChI=1S/C16H14ClNS3/c17-13-7-5-12(6-8-13)11-19-9-10-20-16-18-14-3-1-2-4-15(14)21-16/h1-8H,9-11H2. The zero-order valence-electron chi connectivity index (χ0n) is 11.3. The molecule has 2 aromatic carbocycles. The third kappa shape index (κ3) is 4.39. The second kappa shape index (κ2) is 7.54. The van der Waals surface area contributed by atoms with Gasteiger partial charge in [-0.25, -0.2) is 4.98 Å². The highest BCUT2D eigenvalue weighted by atomic mass is 35.5. The molecule has 0 aliphatic heterocycles. The Morgan fingerprint density at radius 3 is 2.62 bits per heavy atom. The topological polar surface area (TPSA) is 12.9 Å². The van der Waals surface area contributed by atoms with E-state index in [4.69, 9.17) is 11.6 Å². The zero-order valence-corrected chi connectivity index (χ0v) is 14.5. The Balaban J connectivity index is 1.42. The molecule has 3 rings (SSSR count). The minimum atomic E-state index is 0.801. The fourth-order valence-electron chi connectivity index (χ4n) is 1.87. The van der Waals surface area contributed by atoms with Gasteiger partial charge in [-0.1, -0.05) is 47.6 Å². The average Bonchev–Trinajstić information content (AvgIpc) is 2.91. The third-order valence-electron chi connectivity index (χ3n) is 2.91. The Hall–Kier alpha value is -0.680. The Bertz CT molecular complexity index is 676. The van der Waals surface area contributed by atoms with E-state index in [1.165, 1.54) is 14.6 Å². The Morgan fingerprint density at radius 1 is 1.00 bits per heavy atom. The molecule has 0 saturated carbocycles. The maximum Gasteiger partial charge on any atom is 0.151 e. The molecule has 0 amide bonds. The van der Waals surface area contributed by atoms with Crippen molar-refractivity contribution < 1.29 is 0 Å². The first-order chi connectivity index (χ1) is 10.3. The molecule has 0 aliphatic carbocycles. The molecule has 3 aromatic rings. The van der Waals surface area contributed by atoms with E-state index >= 15 is 0 Å². The van der Waals surface area contributed by atoms with E-state index in [1.807, 2.05) is 41.7 Å². The summed E-state index contributed by atoms with van der Waals surface area (Å²) in [6.45, 7) is 0. The van der Waals surface area contributed by atoms with Gasteiger partial charge >= 0.3 is 0 Å². The molecule has 0 aliphatic rings. The highest BCUT2D eigenvalue weighted by Crippen LogP contribution is 2.29. The van der Waals surface area contributed by atoms with E-state index in [0.29, 0.717) is 0 Å². The molecule has 0 radical (unpaired) electrons. The zero-order chi connectivity index (χ0) is 14.5. The molecule has 0 spiro atoms. The molecule has 21 heavy (non-hydrogen) atoms. The summed E-state index contributed by atoms with van der Waals surface area (Å²) < 4.78 is 2.44. The van der Waals surface area contributed by atoms with Gasteiger partial charge in [0.25, 0.3) is 0 Å². The molecule has 0 bridgehead atoms. The van der Waals surface area contributed by atoms with Crippen LogP contribution in [0.4, 0.5) is 0 Å². The number of thiazole rings is 1. The van der Waals surface area contributed by atoms with E-state index in [9.17, 15) is 0 Å². The highest BCUT2D eigenvalue weighted by molar-refractivity contribution is 8.03. The summed E-state index contributed by atoms with van der Waals surface area (Å²) in [5.41, 5.74) is 2.44. The van der Waals surface area contributed by atoms with Crippen molar-refractivity contribution in [1.29, 1.82) is 0 Å². The lowest BCUT2D eigenvalue weighted by Crippen LogP contribution is -1.86. The molecule has 1 aromatic heterocycles. The minimum Gasteiger partial charge on any atom is -0.230 e. The molecule has 5 heteroatoms. The number of thioether (sulfide) groups is 2. The number of halogens is 1. The predicted molar refractivity (Wildman–Crippen MR) is 98.0 cm³/mol. The number of nitrogens with zero attached hydrogens (tertiary/aromatic N) is 1. The van der Waals surface area contributed by atoms with Gasteiger partial charge in [0.05, 0.1) is 10.2 Å². The lowest BCUT2D eigenvalue weighted by molar-refractivity contribution is 1.30. The quantitative estimate of drug-likeness (QED) is 0.400. The van der Waals surface area contributed by atoms with Crippen molar-refractivity contribution in [2.75, 3.05) is 11.5 Å². The molecular formula is C16H14ClNS3. The van der Waals surface area contributed by atoms with E-state index in [-0.39, 0.29) is 0 Å². The van der Waals surface area contributed by atoms with Crippen LogP contribution in [0.1, 0.15) is 5.56 Å². The number of rotatable bonds is 6. The summed E-state index contributed by atoms with van der Waals surface area (Å²) in [6, 6.07) is 16.4. The van der Waals surface area contributed by atoms with Gasteiger partial charge < -0.3 is 0 Å². The van der Waals surface area contributed by atoms with Crippen LogP contribution in [-0.2, 0) is 5.75 Å². The van der Waals surface area contributed by atoms with Gasteiger partial charge in [-0.15, -0.1) is 11.3 Å². The second-order valence-corrected chi connectivity index (χ2v) is 8.39. The first-order valence-electron chi connectivity index (χ1n) is 6.62. The minimum absolute atomic E-state index is 0.801. The van der Waals surface area contributed by atoms with Crippen LogP contribution >= 0.6 is 46.5 Å². The van der Waals surface area contributed by atoms with Gasteiger partial charge in [0.15, 0.2) is 4.34 Å². The number of benzene rings is 2. The Kier molecular flexibility index (Phi) is 5.47. The maximum atomic E-state index is 5.88. The summed E-state index contributed by atoms with van der Waals surface area (Å²) in [4.78, 5) is 4.64. The van der Waals surface area contributed by atoms with Crippen molar-refractivity contribution in [3.05, 3.63) is 59.1 Å². The van der Waals surface area contributed by atoms with E-state index in [0.717, 1.165) is 27.8 Å². The van der Waals surface area contributed by atoms with E-state index in [2.05, 4.69) is 35.3 Å². The van der Waals surface area contributed by atoms with Crippen molar-refractivity contribution >= 4 is 56.7 Å². The van der Waals surface area contributed by atoms with Crippen LogP contribution in [0.2, 0.25) is 5.02 Å². The fourth-order valence-corrected chi connectivity index (χ4v) is 5.16. The number of aromatic nitrogens is 1. The molecule has 1 nitrogen and oxygen atoms in total. The Morgan fingerprint density at radius 2 is 1.81 bits per heavy atom. The van der Waals surface area contributed by atoms with Gasteiger partial charge in [0.1, 0.15) is 0 Å². The molecule has 0 fully saturated rings. The normalized spacial score (nSPS) is 11.1. The molecule has 0 N–H and O–H groups in total. The summed E-state index contributed by atoms with van der Waals surface area (Å²) in [6.07, 6.45) is 0. The van der Waals surface area contributed by atoms with Crippen LogP contribution in [-0.4, -0.2) is 16.5 Å². The maximum absolute atomic E-state index is 5.88. The SMILES string of the molecule is Clc1ccc(CSCCSc2nc3ccccc3s2)cc1. The van der Waals surface area contributed by atoms with Gasteiger partial charge in [-0.05, 0) is 29.8 Å². The van der Waals surface area contributed by atoms with E-state index < -0.39 is 0 Å². The van der Waals surface area contributed by atoms with Gasteiger partial charge in [0.2, 0.25) is 0 Å². The first-order valence-corrected chi connectivity index (χ1v) is 9.95. The molecular weight excluding hydrogens is 338 g/mol. The molecule has 108 valence electrons. The summed E-state index contributed by atoms with van der Waals surface area (Å²) in [7, 11) is 0. The van der Waals surface area contributed by atoms with Gasteiger partial charge in [-0.2, -0.15) is 11.8 Å². The monoisotopic (exact) mass is 351 g/mol. The van der Waals surface area contributed by atoms with Gasteiger partial charge in [0, 0.05) is 22.3 Å². The Labute approximate surface area is 142 Å². The van der Waals surface area contributed by atoms with Gasteiger partial charge in [-0.3, -0.25) is 0 Å². The second-order valence-electron chi connectivity index (χ2n) is 4.48. The molecule has 1 heterocycles. The average molecular weight is 352 g/mol. The van der Waals surface area contributed by atoms with Crippen molar-refractivity contribution in [1.82, 2.24) is 4.98 Å².